The highest BCUT2D eigenvalue weighted by atomic mass is 35.5. The number of aromatic hydroxyl groups is 2. The molecule has 0 saturated heterocycles. The van der Waals surface area contributed by atoms with E-state index in [1.807, 2.05) is 0 Å². The smallest absolute Gasteiger partial charge is 0.163 e. The van der Waals surface area contributed by atoms with Crippen molar-refractivity contribution in [1.29, 1.82) is 0 Å². The van der Waals surface area contributed by atoms with Crippen LogP contribution in [-0.4, -0.2) is 21.8 Å². The zero-order valence-corrected chi connectivity index (χ0v) is 13.4. The molecule has 2 aromatic rings. The number of hydrogen-bond acceptors (Lipinski definition) is 4. The third-order valence-electron chi connectivity index (χ3n) is 3.14. The van der Waals surface area contributed by atoms with E-state index in [-0.39, 0.29) is 29.5 Å². The summed E-state index contributed by atoms with van der Waals surface area (Å²) in [7, 11) is 0. The number of rotatable bonds is 6. The summed E-state index contributed by atoms with van der Waals surface area (Å²) < 4.78 is 0. The van der Waals surface area contributed by atoms with Gasteiger partial charge < -0.3 is 10.2 Å². The van der Waals surface area contributed by atoms with E-state index in [1.54, 1.807) is 24.3 Å². The van der Waals surface area contributed by atoms with Crippen LogP contribution in [-0.2, 0) is 9.59 Å². The molecule has 0 spiro atoms. The van der Waals surface area contributed by atoms with Crippen molar-refractivity contribution >= 4 is 35.3 Å². The molecule has 0 aliphatic heterocycles. The number of carbonyl (C=O) groups is 2. The molecule has 0 radical (unpaired) electrons. The molecule has 24 heavy (non-hydrogen) atoms. The Bertz CT molecular complexity index is 805. The topological polar surface area (TPSA) is 74.6 Å². The van der Waals surface area contributed by atoms with Crippen LogP contribution in [0.1, 0.15) is 17.5 Å². The molecule has 0 heterocycles. The Morgan fingerprint density at radius 3 is 2.08 bits per heavy atom. The van der Waals surface area contributed by atoms with E-state index >= 15 is 0 Å². The summed E-state index contributed by atoms with van der Waals surface area (Å²) >= 11 is 5.93. The molecule has 2 rings (SSSR count). The van der Waals surface area contributed by atoms with Crippen molar-refractivity contribution in [3.05, 3.63) is 70.8 Å². The third-order valence-corrected chi connectivity index (χ3v) is 3.46. The third kappa shape index (κ3) is 5.41. The minimum atomic E-state index is -0.348. The minimum absolute atomic E-state index is 0.0398. The van der Waals surface area contributed by atoms with Crippen molar-refractivity contribution in [1.82, 2.24) is 0 Å². The van der Waals surface area contributed by atoms with E-state index in [4.69, 9.17) is 11.6 Å². The van der Waals surface area contributed by atoms with Crippen molar-refractivity contribution in [3.63, 3.8) is 0 Å². The monoisotopic (exact) mass is 342 g/mol. The second kappa shape index (κ2) is 8.13. The van der Waals surface area contributed by atoms with Crippen LogP contribution >= 0.6 is 11.6 Å². The maximum atomic E-state index is 11.8. The highest BCUT2D eigenvalue weighted by Crippen LogP contribution is 2.22. The average Bonchev–Trinajstić information content (AvgIpc) is 2.53. The number of allylic oxidation sites excluding steroid dienone is 2. The van der Waals surface area contributed by atoms with Gasteiger partial charge in [0, 0.05) is 0 Å². The second-order valence-corrected chi connectivity index (χ2v) is 5.48. The van der Waals surface area contributed by atoms with Gasteiger partial charge in [0.2, 0.25) is 0 Å². The molecule has 0 fully saturated rings. The standard InChI is InChI=1S/C19H15ClO4/c20-19-12-18(24)10-5-14(19)4-9-17(23)11-16(22)8-3-13-1-6-15(21)7-2-13/h1-10,12,21,24H,11H2. The summed E-state index contributed by atoms with van der Waals surface area (Å²) in [5.74, 6) is -0.487. The van der Waals surface area contributed by atoms with E-state index in [9.17, 15) is 19.8 Å². The molecule has 0 aliphatic carbocycles. The van der Waals surface area contributed by atoms with Crippen LogP contribution in [0.4, 0.5) is 0 Å². The Morgan fingerprint density at radius 2 is 1.46 bits per heavy atom. The summed E-state index contributed by atoms with van der Waals surface area (Å²) in [5.41, 5.74) is 1.33. The van der Waals surface area contributed by atoms with Crippen LogP contribution in [0.5, 0.6) is 11.5 Å². The fraction of sp³-hybridized carbons (Fsp3) is 0.0526. The highest BCUT2D eigenvalue weighted by Gasteiger charge is 2.04. The number of carbonyl (C=O) groups excluding carboxylic acids is 2. The van der Waals surface area contributed by atoms with E-state index in [0.29, 0.717) is 10.6 Å². The van der Waals surface area contributed by atoms with Gasteiger partial charge in [-0.3, -0.25) is 9.59 Å². The first-order chi connectivity index (χ1) is 11.4. The number of phenols is 2. The lowest BCUT2D eigenvalue weighted by atomic mass is 10.1. The van der Waals surface area contributed by atoms with Gasteiger partial charge in [-0.05, 0) is 59.7 Å². The molecule has 2 aromatic carbocycles. The maximum Gasteiger partial charge on any atom is 0.163 e. The number of ketones is 2. The second-order valence-electron chi connectivity index (χ2n) is 5.07. The van der Waals surface area contributed by atoms with E-state index in [1.165, 1.54) is 42.5 Å². The summed E-state index contributed by atoms with van der Waals surface area (Å²) in [4.78, 5) is 23.6. The number of phenolic OH excluding ortho intramolecular Hbond substituents is 2. The van der Waals surface area contributed by atoms with Crippen molar-refractivity contribution in [2.24, 2.45) is 0 Å². The Morgan fingerprint density at radius 1 is 0.875 bits per heavy atom. The quantitative estimate of drug-likeness (QED) is 0.614. The molecule has 0 aliphatic rings. The van der Waals surface area contributed by atoms with Gasteiger partial charge in [0.05, 0.1) is 11.4 Å². The molecule has 5 heteroatoms. The van der Waals surface area contributed by atoms with Gasteiger partial charge in [-0.15, -0.1) is 0 Å². The molecule has 0 atom stereocenters. The van der Waals surface area contributed by atoms with Crippen molar-refractivity contribution in [3.8, 4) is 11.5 Å². The number of halogens is 1. The van der Waals surface area contributed by atoms with Crippen molar-refractivity contribution in [2.45, 2.75) is 6.42 Å². The van der Waals surface area contributed by atoms with Gasteiger partial charge in [-0.25, -0.2) is 0 Å². The van der Waals surface area contributed by atoms with E-state index in [2.05, 4.69) is 0 Å². The van der Waals surface area contributed by atoms with Crippen LogP contribution in [0, 0.1) is 0 Å². The Kier molecular flexibility index (Phi) is 5.93. The van der Waals surface area contributed by atoms with E-state index in [0.717, 1.165) is 5.56 Å². The average molecular weight is 343 g/mol. The fourth-order valence-corrected chi connectivity index (χ4v) is 2.14. The lowest BCUT2D eigenvalue weighted by Gasteiger charge is -1.98. The molecule has 0 saturated carbocycles. The lowest BCUT2D eigenvalue weighted by molar-refractivity contribution is -0.121. The van der Waals surface area contributed by atoms with Gasteiger partial charge in [0.1, 0.15) is 11.5 Å². The van der Waals surface area contributed by atoms with E-state index < -0.39 is 0 Å². The Hall–Kier alpha value is -2.85. The Labute approximate surface area is 144 Å². The number of benzene rings is 2. The fourth-order valence-electron chi connectivity index (χ4n) is 1.90. The molecule has 4 nitrogen and oxygen atoms in total. The molecule has 0 amide bonds. The van der Waals surface area contributed by atoms with Gasteiger partial charge in [0.15, 0.2) is 11.6 Å². The molecular formula is C19H15ClO4. The molecule has 0 bridgehead atoms. The first kappa shape index (κ1) is 17.5. The lowest BCUT2D eigenvalue weighted by Crippen LogP contribution is -2.01. The molecule has 2 N–H and O–H groups in total. The van der Waals surface area contributed by atoms with Crippen LogP contribution in [0.2, 0.25) is 5.02 Å². The van der Waals surface area contributed by atoms with Gasteiger partial charge in [-0.2, -0.15) is 0 Å². The van der Waals surface area contributed by atoms with Gasteiger partial charge in [0.25, 0.3) is 0 Å². The number of hydrogen-bond donors (Lipinski definition) is 2. The first-order valence-corrected chi connectivity index (χ1v) is 7.51. The summed E-state index contributed by atoms with van der Waals surface area (Å²) in [6.07, 6.45) is 5.44. The van der Waals surface area contributed by atoms with Crippen molar-refractivity contribution in [2.75, 3.05) is 0 Å². The first-order valence-electron chi connectivity index (χ1n) is 7.13. The van der Waals surface area contributed by atoms with Gasteiger partial charge in [-0.1, -0.05) is 29.8 Å². The summed E-state index contributed by atoms with van der Waals surface area (Å²) in [6, 6.07) is 10.8. The predicted molar refractivity (Wildman–Crippen MR) is 93.9 cm³/mol. The Balaban J connectivity index is 1.92. The molecular weight excluding hydrogens is 328 g/mol. The minimum Gasteiger partial charge on any atom is -0.508 e. The van der Waals surface area contributed by atoms with Gasteiger partial charge >= 0.3 is 0 Å². The largest absolute Gasteiger partial charge is 0.508 e. The SMILES string of the molecule is O=C(C=Cc1ccc(O)cc1)CC(=O)C=Cc1ccc(O)cc1Cl. The van der Waals surface area contributed by atoms with Crippen LogP contribution in [0.3, 0.4) is 0 Å². The summed E-state index contributed by atoms with van der Waals surface area (Å²) in [5, 5.41) is 18.8. The molecule has 122 valence electrons. The zero-order valence-electron chi connectivity index (χ0n) is 12.6. The summed E-state index contributed by atoms with van der Waals surface area (Å²) in [6.45, 7) is 0. The maximum absolute atomic E-state index is 11.8. The predicted octanol–water partition coefficient (Wildman–Crippen LogP) is 4.01. The highest BCUT2D eigenvalue weighted by molar-refractivity contribution is 6.32. The normalized spacial score (nSPS) is 11.2. The zero-order chi connectivity index (χ0) is 17.5. The molecule has 0 unspecified atom stereocenters. The molecule has 0 aromatic heterocycles. The van der Waals surface area contributed by atoms with Crippen LogP contribution in [0.15, 0.2) is 54.6 Å². The van der Waals surface area contributed by atoms with Crippen LogP contribution < -0.4 is 0 Å². The van der Waals surface area contributed by atoms with Crippen molar-refractivity contribution < 1.29 is 19.8 Å². The van der Waals surface area contributed by atoms with Crippen LogP contribution in [0.25, 0.3) is 12.2 Å².